The molecule has 1 aliphatic carbocycles. The van der Waals surface area contributed by atoms with Gasteiger partial charge in [-0.15, -0.1) is 11.8 Å². The molecule has 1 N–H and O–H groups in total. The van der Waals surface area contributed by atoms with E-state index in [4.69, 9.17) is 0 Å². The van der Waals surface area contributed by atoms with Crippen LogP contribution in [0.1, 0.15) is 40.0 Å². The summed E-state index contributed by atoms with van der Waals surface area (Å²) in [5.74, 6) is 1.61. The molecular formula is C17H26BrNS. The summed E-state index contributed by atoms with van der Waals surface area (Å²) in [6, 6.07) is 9.25. The van der Waals surface area contributed by atoms with Gasteiger partial charge in [0.2, 0.25) is 0 Å². The first-order valence-electron chi connectivity index (χ1n) is 7.76. The van der Waals surface area contributed by atoms with Crippen molar-refractivity contribution in [3.63, 3.8) is 0 Å². The van der Waals surface area contributed by atoms with E-state index in [9.17, 15) is 0 Å². The van der Waals surface area contributed by atoms with E-state index in [0.717, 1.165) is 18.4 Å². The van der Waals surface area contributed by atoms with Gasteiger partial charge in [-0.2, -0.15) is 0 Å². The fourth-order valence-corrected chi connectivity index (χ4v) is 5.15. The van der Waals surface area contributed by atoms with Crippen LogP contribution in [0.5, 0.6) is 0 Å². The normalized spacial score (nSPS) is 30.4. The Morgan fingerprint density at radius 3 is 2.70 bits per heavy atom. The molecule has 3 heteroatoms. The molecule has 20 heavy (non-hydrogen) atoms. The van der Waals surface area contributed by atoms with Gasteiger partial charge in [0.25, 0.3) is 0 Å². The number of hydrogen-bond donors (Lipinski definition) is 1. The van der Waals surface area contributed by atoms with Crippen molar-refractivity contribution in [2.75, 3.05) is 6.54 Å². The summed E-state index contributed by atoms with van der Waals surface area (Å²) in [4.78, 5) is 1.38. The average molecular weight is 356 g/mol. The van der Waals surface area contributed by atoms with Crippen LogP contribution in [0.25, 0.3) is 0 Å². The number of hydrogen-bond acceptors (Lipinski definition) is 2. The van der Waals surface area contributed by atoms with Crippen LogP contribution in [0.4, 0.5) is 0 Å². The van der Waals surface area contributed by atoms with Gasteiger partial charge >= 0.3 is 0 Å². The van der Waals surface area contributed by atoms with Gasteiger partial charge in [0.15, 0.2) is 0 Å². The van der Waals surface area contributed by atoms with Gasteiger partial charge in [-0.25, -0.2) is 0 Å². The number of benzene rings is 1. The minimum atomic E-state index is 0.644. The lowest BCUT2D eigenvalue weighted by Gasteiger charge is -2.40. The smallest absolute Gasteiger partial charge is 0.0311 e. The standard InChI is InChI=1S/C17H26BrNS/c1-4-9-19-15-11-12(2)10-13(3)17(15)20-16-8-6-5-7-14(16)18/h5-8,12-13,15,17,19H,4,9-11H2,1-3H3. The van der Waals surface area contributed by atoms with Crippen molar-refractivity contribution < 1.29 is 0 Å². The molecule has 1 aromatic carbocycles. The summed E-state index contributed by atoms with van der Waals surface area (Å²) in [6.45, 7) is 8.21. The molecule has 0 amide bonds. The van der Waals surface area contributed by atoms with Crippen molar-refractivity contribution in [2.45, 2.75) is 56.2 Å². The molecule has 0 saturated heterocycles. The highest BCUT2D eigenvalue weighted by Gasteiger charge is 2.34. The molecule has 112 valence electrons. The zero-order chi connectivity index (χ0) is 14.5. The molecule has 0 spiro atoms. The van der Waals surface area contributed by atoms with Crippen molar-refractivity contribution in [2.24, 2.45) is 11.8 Å². The lowest BCUT2D eigenvalue weighted by Crippen LogP contribution is -2.46. The zero-order valence-corrected chi connectivity index (χ0v) is 15.1. The Hall–Kier alpha value is 0.01000. The maximum atomic E-state index is 3.79. The highest BCUT2D eigenvalue weighted by Crippen LogP contribution is 2.41. The Bertz CT molecular complexity index is 423. The van der Waals surface area contributed by atoms with Crippen LogP contribution in [0.2, 0.25) is 0 Å². The first-order chi connectivity index (χ1) is 9.61. The highest BCUT2D eigenvalue weighted by atomic mass is 79.9. The van der Waals surface area contributed by atoms with E-state index in [1.165, 1.54) is 28.6 Å². The van der Waals surface area contributed by atoms with Gasteiger partial charge in [0, 0.05) is 20.7 Å². The van der Waals surface area contributed by atoms with E-state index in [1.807, 2.05) is 0 Å². The predicted molar refractivity (Wildman–Crippen MR) is 93.4 cm³/mol. The Balaban J connectivity index is 2.10. The maximum Gasteiger partial charge on any atom is 0.0311 e. The maximum absolute atomic E-state index is 3.79. The SMILES string of the molecule is CCCNC1CC(C)CC(C)C1Sc1ccccc1Br. The number of thioether (sulfide) groups is 1. The summed E-state index contributed by atoms with van der Waals surface area (Å²) in [5, 5.41) is 4.46. The molecule has 1 nitrogen and oxygen atoms in total. The van der Waals surface area contributed by atoms with Crippen molar-refractivity contribution in [1.82, 2.24) is 5.32 Å². The summed E-state index contributed by atoms with van der Waals surface area (Å²) in [6.07, 6.45) is 3.88. The van der Waals surface area contributed by atoms with E-state index in [0.29, 0.717) is 11.3 Å². The molecule has 2 rings (SSSR count). The van der Waals surface area contributed by atoms with Gasteiger partial charge in [-0.05, 0) is 65.7 Å². The first-order valence-corrected chi connectivity index (χ1v) is 9.43. The first kappa shape index (κ1) is 16.4. The summed E-state index contributed by atoms with van der Waals surface area (Å²) in [5.41, 5.74) is 0. The predicted octanol–water partition coefficient (Wildman–Crippen LogP) is 5.34. The van der Waals surface area contributed by atoms with Gasteiger partial charge < -0.3 is 5.32 Å². The Kier molecular flexibility index (Phi) is 6.44. The van der Waals surface area contributed by atoms with Crippen LogP contribution in [-0.4, -0.2) is 17.8 Å². The summed E-state index contributed by atoms with van der Waals surface area (Å²) < 4.78 is 1.23. The molecule has 1 saturated carbocycles. The van der Waals surface area contributed by atoms with Gasteiger partial charge in [0.1, 0.15) is 0 Å². The Morgan fingerprint density at radius 1 is 1.25 bits per heavy atom. The van der Waals surface area contributed by atoms with Crippen LogP contribution in [0.3, 0.4) is 0 Å². The highest BCUT2D eigenvalue weighted by molar-refractivity contribution is 9.10. The van der Waals surface area contributed by atoms with Gasteiger partial charge in [-0.1, -0.05) is 32.9 Å². The molecule has 0 aliphatic heterocycles. The van der Waals surface area contributed by atoms with Gasteiger partial charge in [-0.3, -0.25) is 0 Å². The van der Waals surface area contributed by atoms with Crippen molar-refractivity contribution in [3.8, 4) is 0 Å². The number of nitrogens with one attached hydrogen (secondary N) is 1. The molecule has 1 aromatic rings. The Morgan fingerprint density at radius 2 is 2.00 bits per heavy atom. The van der Waals surface area contributed by atoms with Crippen molar-refractivity contribution >= 4 is 27.7 Å². The third-order valence-corrected chi connectivity index (χ3v) is 6.77. The molecular weight excluding hydrogens is 330 g/mol. The molecule has 4 atom stereocenters. The molecule has 0 bridgehead atoms. The second-order valence-electron chi connectivity index (χ2n) is 6.13. The van der Waals surface area contributed by atoms with Crippen molar-refractivity contribution in [1.29, 1.82) is 0 Å². The molecule has 0 aromatic heterocycles. The Labute approximate surface area is 136 Å². The molecule has 1 fully saturated rings. The van der Waals surface area contributed by atoms with E-state index in [1.54, 1.807) is 0 Å². The largest absolute Gasteiger partial charge is 0.313 e. The van der Waals surface area contributed by atoms with Crippen LogP contribution in [-0.2, 0) is 0 Å². The minimum absolute atomic E-state index is 0.644. The van der Waals surface area contributed by atoms with Crippen molar-refractivity contribution in [3.05, 3.63) is 28.7 Å². The van der Waals surface area contributed by atoms with Crippen LogP contribution < -0.4 is 5.32 Å². The fourth-order valence-electron chi connectivity index (χ4n) is 3.24. The fraction of sp³-hybridized carbons (Fsp3) is 0.647. The monoisotopic (exact) mass is 355 g/mol. The molecule has 0 radical (unpaired) electrons. The third kappa shape index (κ3) is 4.25. The van der Waals surface area contributed by atoms with E-state index in [-0.39, 0.29) is 0 Å². The molecule has 4 unspecified atom stereocenters. The topological polar surface area (TPSA) is 12.0 Å². The number of rotatable bonds is 5. The lowest BCUT2D eigenvalue weighted by molar-refractivity contribution is 0.249. The quantitative estimate of drug-likeness (QED) is 0.764. The summed E-state index contributed by atoms with van der Waals surface area (Å²) in [7, 11) is 0. The lowest BCUT2D eigenvalue weighted by atomic mass is 9.80. The number of halogens is 1. The summed E-state index contributed by atoms with van der Waals surface area (Å²) >= 11 is 5.74. The van der Waals surface area contributed by atoms with Crippen LogP contribution in [0, 0.1) is 11.8 Å². The minimum Gasteiger partial charge on any atom is -0.313 e. The molecule has 1 aliphatic rings. The third-order valence-electron chi connectivity index (χ3n) is 4.14. The second kappa shape index (κ2) is 7.86. The second-order valence-corrected chi connectivity index (χ2v) is 8.20. The van der Waals surface area contributed by atoms with E-state index in [2.05, 4.69) is 78.0 Å². The molecule has 0 heterocycles. The zero-order valence-electron chi connectivity index (χ0n) is 12.7. The van der Waals surface area contributed by atoms with Crippen LogP contribution >= 0.6 is 27.7 Å². The van der Waals surface area contributed by atoms with E-state index >= 15 is 0 Å². The van der Waals surface area contributed by atoms with E-state index < -0.39 is 0 Å². The average Bonchev–Trinajstić information content (AvgIpc) is 2.41. The van der Waals surface area contributed by atoms with Gasteiger partial charge in [0.05, 0.1) is 0 Å². The van der Waals surface area contributed by atoms with Crippen LogP contribution in [0.15, 0.2) is 33.6 Å².